The molecule has 4 rings (SSSR count). The second-order valence-electron chi connectivity index (χ2n) is 5.61. The molecule has 1 atom stereocenters. The number of rotatable bonds is 2. The summed E-state index contributed by atoms with van der Waals surface area (Å²) in [6, 6.07) is 19.6. The van der Waals surface area contributed by atoms with Crippen molar-refractivity contribution in [3.8, 4) is 5.69 Å². The van der Waals surface area contributed by atoms with Gasteiger partial charge in [-0.25, -0.2) is 4.68 Å². The quantitative estimate of drug-likeness (QED) is 0.764. The van der Waals surface area contributed by atoms with Crippen LogP contribution in [0.5, 0.6) is 0 Å². The Kier molecular flexibility index (Phi) is 3.12. The number of nitrogen functional groups attached to an aromatic ring is 1. The molecule has 3 N–H and O–H groups in total. The molecule has 0 spiro atoms. The molecule has 0 fully saturated rings. The number of nitrogens with two attached hydrogens (primary N) is 1. The van der Waals surface area contributed by atoms with Crippen molar-refractivity contribution < 1.29 is 4.79 Å². The standard InChI is InChI=1S/C18H16N4O/c19-17-16-14(12-7-3-1-4-8-12)11-15(23)20-18(16)21-22(17)13-9-5-2-6-10-13/h1-10,14H,11,19H2,(H,20,21,23). The van der Waals surface area contributed by atoms with E-state index in [-0.39, 0.29) is 11.8 Å². The first-order valence-electron chi connectivity index (χ1n) is 7.52. The largest absolute Gasteiger partial charge is 0.383 e. The molecule has 0 radical (unpaired) electrons. The van der Waals surface area contributed by atoms with Crippen LogP contribution in [0.15, 0.2) is 60.7 Å². The number of amides is 1. The van der Waals surface area contributed by atoms with Crippen LogP contribution >= 0.6 is 0 Å². The van der Waals surface area contributed by atoms with Gasteiger partial charge in [-0.1, -0.05) is 48.5 Å². The molecular weight excluding hydrogens is 288 g/mol. The molecule has 3 aromatic rings. The SMILES string of the molecule is Nc1c2c(nn1-c1ccccc1)NC(=O)CC2c1ccccc1. The Morgan fingerprint density at radius 2 is 1.70 bits per heavy atom. The molecule has 0 saturated carbocycles. The molecular formula is C18H16N4O. The summed E-state index contributed by atoms with van der Waals surface area (Å²) in [7, 11) is 0. The monoisotopic (exact) mass is 304 g/mol. The van der Waals surface area contributed by atoms with Gasteiger partial charge in [0, 0.05) is 17.9 Å². The first-order chi connectivity index (χ1) is 11.2. The lowest BCUT2D eigenvalue weighted by Gasteiger charge is -2.22. The fraction of sp³-hybridized carbons (Fsp3) is 0.111. The minimum absolute atomic E-state index is 0.0379. The molecule has 5 nitrogen and oxygen atoms in total. The van der Waals surface area contributed by atoms with Crippen LogP contribution in [0.1, 0.15) is 23.5 Å². The minimum atomic E-state index is -0.0718. The van der Waals surface area contributed by atoms with E-state index < -0.39 is 0 Å². The van der Waals surface area contributed by atoms with Gasteiger partial charge >= 0.3 is 0 Å². The van der Waals surface area contributed by atoms with Crippen molar-refractivity contribution in [3.05, 3.63) is 71.8 Å². The highest BCUT2D eigenvalue weighted by Gasteiger charge is 2.32. The zero-order chi connectivity index (χ0) is 15.8. The number of fused-ring (bicyclic) bond motifs is 1. The average Bonchev–Trinajstić information content (AvgIpc) is 2.92. The van der Waals surface area contributed by atoms with Gasteiger partial charge in [-0.05, 0) is 17.7 Å². The van der Waals surface area contributed by atoms with Crippen LogP contribution in [-0.2, 0) is 4.79 Å². The Morgan fingerprint density at radius 3 is 2.39 bits per heavy atom. The minimum Gasteiger partial charge on any atom is -0.383 e. The van der Waals surface area contributed by atoms with E-state index in [9.17, 15) is 4.79 Å². The van der Waals surface area contributed by atoms with Crippen LogP contribution < -0.4 is 11.1 Å². The highest BCUT2D eigenvalue weighted by atomic mass is 16.1. The number of anilines is 2. The number of carbonyl (C=O) groups excluding carboxylic acids is 1. The second-order valence-corrected chi connectivity index (χ2v) is 5.61. The number of para-hydroxylation sites is 1. The molecule has 1 amide bonds. The van der Waals surface area contributed by atoms with Crippen molar-refractivity contribution in [2.24, 2.45) is 0 Å². The van der Waals surface area contributed by atoms with E-state index >= 15 is 0 Å². The smallest absolute Gasteiger partial charge is 0.226 e. The summed E-state index contributed by atoms with van der Waals surface area (Å²) in [6.07, 6.45) is 0.377. The third-order valence-corrected chi connectivity index (χ3v) is 4.16. The van der Waals surface area contributed by atoms with Gasteiger partial charge in [0.05, 0.1) is 5.69 Å². The van der Waals surface area contributed by atoms with Crippen LogP contribution in [-0.4, -0.2) is 15.7 Å². The molecule has 0 bridgehead atoms. The van der Waals surface area contributed by atoms with Crippen molar-refractivity contribution in [2.75, 3.05) is 11.1 Å². The van der Waals surface area contributed by atoms with Crippen molar-refractivity contribution >= 4 is 17.5 Å². The van der Waals surface area contributed by atoms with E-state index in [2.05, 4.69) is 10.4 Å². The van der Waals surface area contributed by atoms with Crippen LogP contribution in [0.2, 0.25) is 0 Å². The summed E-state index contributed by atoms with van der Waals surface area (Å²) < 4.78 is 1.69. The predicted octanol–water partition coefficient (Wildman–Crippen LogP) is 2.93. The number of carbonyl (C=O) groups is 1. The normalized spacial score (nSPS) is 16.7. The van der Waals surface area contributed by atoms with Gasteiger partial charge in [0.2, 0.25) is 5.91 Å². The van der Waals surface area contributed by atoms with Gasteiger partial charge in [0.1, 0.15) is 5.82 Å². The van der Waals surface area contributed by atoms with Crippen LogP contribution in [0.25, 0.3) is 5.69 Å². The molecule has 1 aliphatic heterocycles. The number of hydrogen-bond acceptors (Lipinski definition) is 3. The maximum absolute atomic E-state index is 12.1. The molecule has 1 aliphatic rings. The van der Waals surface area contributed by atoms with Crippen LogP contribution in [0.4, 0.5) is 11.6 Å². The summed E-state index contributed by atoms with van der Waals surface area (Å²) in [5, 5.41) is 7.35. The summed E-state index contributed by atoms with van der Waals surface area (Å²) in [6.45, 7) is 0. The Bertz CT molecular complexity index is 855. The zero-order valence-corrected chi connectivity index (χ0v) is 12.4. The molecule has 2 heterocycles. The van der Waals surface area contributed by atoms with Gasteiger partial charge in [-0.3, -0.25) is 4.79 Å². The number of aromatic nitrogens is 2. The Labute approximate surface area is 133 Å². The maximum Gasteiger partial charge on any atom is 0.226 e. The van der Waals surface area contributed by atoms with Gasteiger partial charge in [0.25, 0.3) is 0 Å². The molecule has 2 aromatic carbocycles. The van der Waals surface area contributed by atoms with Gasteiger partial charge in [-0.15, -0.1) is 5.10 Å². The highest BCUT2D eigenvalue weighted by molar-refractivity contribution is 5.95. The summed E-state index contributed by atoms with van der Waals surface area (Å²) in [4.78, 5) is 12.1. The third-order valence-electron chi connectivity index (χ3n) is 4.16. The molecule has 5 heteroatoms. The number of nitrogens with zero attached hydrogens (tertiary/aromatic N) is 2. The lowest BCUT2D eigenvalue weighted by molar-refractivity contribution is -0.116. The first-order valence-corrected chi connectivity index (χ1v) is 7.52. The zero-order valence-electron chi connectivity index (χ0n) is 12.4. The molecule has 0 aliphatic carbocycles. The van der Waals surface area contributed by atoms with Crippen LogP contribution in [0, 0.1) is 0 Å². The van der Waals surface area contributed by atoms with E-state index in [1.54, 1.807) is 4.68 Å². The number of nitrogens with one attached hydrogen (secondary N) is 1. The fourth-order valence-corrected chi connectivity index (χ4v) is 3.09. The molecule has 1 unspecified atom stereocenters. The molecule has 1 aromatic heterocycles. The molecule has 0 saturated heterocycles. The maximum atomic E-state index is 12.1. The predicted molar refractivity (Wildman–Crippen MR) is 89.5 cm³/mol. The second kappa shape index (κ2) is 5.28. The van der Waals surface area contributed by atoms with Crippen molar-refractivity contribution in [2.45, 2.75) is 12.3 Å². The van der Waals surface area contributed by atoms with Gasteiger partial charge < -0.3 is 11.1 Å². The van der Waals surface area contributed by atoms with Crippen molar-refractivity contribution in [3.63, 3.8) is 0 Å². The lowest BCUT2D eigenvalue weighted by Crippen LogP contribution is -2.23. The Balaban J connectivity index is 1.88. The molecule has 114 valence electrons. The first kappa shape index (κ1) is 13.6. The Morgan fingerprint density at radius 1 is 1.04 bits per heavy atom. The van der Waals surface area contributed by atoms with E-state index in [0.29, 0.717) is 18.1 Å². The number of benzene rings is 2. The van der Waals surface area contributed by atoms with E-state index in [1.165, 1.54) is 0 Å². The number of hydrogen-bond donors (Lipinski definition) is 2. The average molecular weight is 304 g/mol. The third kappa shape index (κ3) is 2.26. The fourth-order valence-electron chi connectivity index (χ4n) is 3.09. The van der Waals surface area contributed by atoms with Crippen molar-refractivity contribution in [1.82, 2.24) is 9.78 Å². The molecule has 23 heavy (non-hydrogen) atoms. The van der Waals surface area contributed by atoms with Gasteiger partial charge in [0.15, 0.2) is 5.82 Å². The summed E-state index contributed by atoms with van der Waals surface area (Å²) in [5.41, 5.74) is 9.21. The Hall–Kier alpha value is -3.08. The summed E-state index contributed by atoms with van der Waals surface area (Å²) >= 11 is 0. The van der Waals surface area contributed by atoms with E-state index in [4.69, 9.17) is 5.73 Å². The topological polar surface area (TPSA) is 72.9 Å². The lowest BCUT2D eigenvalue weighted by atomic mass is 9.87. The van der Waals surface area contributed by atoms with Crippen LogP contribution in [0.3, 0.4) is 0 Å². The van der Waals surface area contributed by atoms with Gasteiger partial charge in [-0.2, -0.15) is 0 Å². The van der Waals surface area contributed by atoms with E-state index in [0.717, 1.165) is 16.8 Å². The summed E-state index contributed by atoms with van der Waals surface area (Å²) in [5.74, 6) is 1.01. The van der Waals surface area contributed by atoms with Crippen molar-refractivity contribution in [1.29, 1.82) is 0 Å². The van der Waals surface area contributed by atoms with E-state index in [1.807, 2.05) is 60.7 Å². The highest BCUT2D eigenvalue weighted by Crippen LogP contribution is 2.40.